The first-order valence-electron chi connectivity index (χ1n) is 7.70. The fraction of sp³-hybridized carbons (Fsp3) is 0.0500. The number of rotatable bonds is 3. The summed E-state index contributed by atoms with van der Waals surface area (Å²) in [5, 5.41) is 10.2. The molecule has 0 atom stereocenters. The first kappa shape index (κ1) is 15.0. The smallest absolute Gasteiger partial charge is 0.139 e. The Hall–Kier alpha value is -3.52. The van der Waals surface area contributed by atoms with Gasteiger partial charge in [0, 0.05) is 24.2 Å². The number of nitrogens with zero attached hydrogens (tertiary/aromatic N) is 3. The molecule has 0 aliphatic heterocycles. The molecule has 2 aromatic heterocycles. The maximum Gasteiger partial charge on any atom is 0.139 e. The minimum Gasteiger partial charge on any atom is -0.456 e. The van der Waals surface area contributed by atoms with Crippen LogP contribution in [0.4, 0.5) is 4.39 Å². The quantitative estimate of drug-likeness (QED) is 0.555. The van der Waals surface area contributed by atoms with Crippen molar-refractivity contribution in [2.45, 2.75) is 6.42 Å². The molecule has 4 aromatic rings. The Morgan fingerprint density at radius 1 is 1.08 bits per heavy atom. The molecule has 2 aromatic carbocycles. The van der Waals surface area contributed by atoms with Gasteiger partial charge in [0.1, 0.15) is 23.5 Å². The maximum absolute atomic E-state index is 15.2. The van der Waals surface area contributed by atoms with Crippen LogP contribution in [0.25, 0.3) is 22.3 Å². The molecule has 0 saturated carbocycles. The van der Waals surface area contributed by atoms with Gasteiger partial charge < -0.3 is 4.42 Å². The van der Waals surface area contributed by atoms with E-state index in [0.29, 0.717) is 23.3 Å². The van der Waals surface area contributed by atoms with E-state index in [1.807, 2.05) is 30.3 Å². The van der Waals surface area contributed by atoms with Gasteiger partial charge in [0.2, 0.25) is 0 Å². The minimum absolute atomic E-state index is 0.188. The van der Waals surface area contributed by atoms with E-state index in [9.17, 15) is 5.26 Å². The van der Waals surface area contributed by atoms with E-state index >= 15 is 4.39 Å². The molecule has 4 nitrogen and oxygen atoms in total. The third kappa shape index (κ3) is 2.74. The molecule has 5 heteroatoms. The van der Waals surface area contributed by atoms with Crippen LogP contribution in [0.2, 0.25) is 0 Å². The van der Waals surface area contributed by atoms with Crippen LogP contribution in [0.15, 0.2) is 65.6 Å². The normalized spacial score (nSPS) is 10.7. The van der Waals surface area contributed by atoms with Crippen LogP contribution in [0, 0.1) is 17.1 Å². The maximum atomic E-state index is 15.2. The van der Waals surface area contributed by atoms with Crippen LogP contribution >= 0.6 is 0 Å². The lowest BCUT2D eigenvalue weighted by molar-refractivity contribution is 0.593. The van der Waals surface area contributed by atoms with Crippen molar-refractivity contribution in [3.05, 3.63) is 83.7 Å². The van der Waals surface area contributed by atoms with Gasteiger partial charge in [-0.3, -0.25) is 0 Å². The molecule has 0 spiro atoms. The number of aromatic nitrogens is 2. The highest BCUT2D eigenvalue weighted by atomic mass is 19.1. The SMILES string of the molecule is N#Cc1ccc(Cc2cncnc2)c(F)c1-c1cc2ccccc2o1. The Bertz CT molecular complexity index is 1060. The topological polar surface area (TPSA) is 62.7 Å². The van der Waals surface area contributed by atoms with Crippen molar-refractivity contribution in [3.63, 3.8) is 0 Å². The Kier molecular flexibility index (Phi) is 3.71. The number of hydrogen-bond acceptors (Lipinski definition) is 4. The Morgan fingerprint density at radius 3 is 2.64 bits per heavy atom. The van der Waals surface area contributed by atoms with Gasteiger partial charge in [0.15, 0.2) is 0 Å². The lowest BCUT2D eigenvalue weighted by atomic mass is 9.98. The number of halogens is 1. The molecule has 0 aliphatic rings. The molecule has 0 unspecified atom stereocenters. The fourth-order valence-corrected chi connectivity index (χ4v) is 2.84. The monoisotopic (exact) mass is 329 g/mol. The molecule has 0 bridgehead atoms. The lowest BCUT2D eigenvalue weighted by Gasteiger charge is -2.08. The predicted octanol–water partition coefficient (Wildman–Crippen LogP) is 4.49. The van der Waals surface area contributed by atoms with E-state index in [-0.39, 0.29) is 11.1 Å². The van der Waals surface area contributed by atoms with E-state index in [1.165, 1.54) is 6.33 Å². The summed E-state index contributed by atoms with van der Waals surface area (Å²) in [5.74, 6) is -0.108. The Labute approximate surface area is 143 Å². The van der Waals surface area contributed by atoms with Gasteiger partial charge in [0.05, 0.1) is 17.2 Å². The van der Waals surface area contributed by atoms with Crippen molar-refractivity contribution >= 4 is 11.0 Å². The third-order valence-electron chi connectivity index (χ3n) is 4.02. The van der Waals surface area contributed by atoms with Gasteiger partial charge in [-0.15, -0.1) is 0 Å². The number of furan rings is 1. The van der Waals surface area contributed by atoms with E-state index in [0.717, 1.165) is 10.9 Å². The predicted molar refractivity (Wildman–Crippen MR) is 91.2 cm³/mol. The molecule has 0 radical (unpaired) electrons. The zero-order valence-electron chi connectivity index (χ0n) is 13.1. The van der Waals surface area contributed by atoms with E-state index < -0.39 is 5.82 Å². The van der Waals surface area contributed by atoms with Crippen molar-refractivity contribution in [2.24, 2.45) is 0 Å². The summed E-state index contributed by atoms with van der Waals surface area (Å²) >= 11 is 0. The molecular formula is C20H12FN3O. The highest BCUT2D eigenvalue weighted by molar-refractivity contribution is 5.84. The molecule has 0 amide bonds. The highest BCUT2D eigenvalue weighted by Crippen LogP contribution is 2.33. The molecule has 0 fully saturated rings. The number of para-hydroxylation sites is 1. The Balaban J connectivity index is 1.85. The van der Waals surface area contributed by atoms with Crippen LogP contribution < -0.4 is 0 Å². The van der Waals surface area contributed by atoms with E-state index in [1.54, 1.807) is 30.6 Å². The third-order valence-corrected chi connectivity index (χ3v) is 4.02. The van der Waals surface area contributed by atoms with Gasteiger partial charge in [-0.25, -0.2) is 14.4 Å². The van der Waals surface area contributed by atoms with Gasteiger partial charge in [-0.2, -0.15) is 5.26 Å². The lowest BCUT2D eigenvalue weighted by Crippen LogP contribution is -1.98. The summed E-state index contributed by atoms with van der Waals surface area (Å²) in [6.45, 7) is 0. The summed E-state index contributed by atoms with van der Waals surface area (Å²) in [6.07, 6.45) is 5.06. The average Bonchev–Trinajstić information content (AvgIpc) is 3.07. The average molecular weight is 329 g/mol. The second kappa shape index (κ2) is 6.17. The van der Waals surface area contributed by atoms with Gasteiger partial charge >= 0.3 is 0 Å². The molecule has 0 saturated heterocycles. The molecule has 2 heterocycles. The van der Waals surface area contributed by atoms with Crippen molar-refractivity contribution < 1.29 is 8.81 Å². The van der Waals surface area contributed by atoms with Gasteiger partial charge in [-0.05, 0) is 29.3 Å². The second-order valence-electron chi connectivity index (χ2n) is 5.65. The first-order chi connectivity index (χ1) is 12.3. The summed E-state index contributed by atoms with van der Waals surface area (Å²) in [6, 6.07) is 14.5. The largest absolute Gasteiger partial charge is 0.456 e. The minimum atomic E-state index is -0.457. The summed E-state index contributed by atoms with van der Waals surface area (Å²) in [7, 11) is 0. The second-order valence-corrected chi connectivity index (χ2v) is 5.65. The number of fused-ring (bicyclic) bond motifs is 1. The van der Waals surface area contributed by atoms with Crippen molar-refractivity contribution in [2.75, 3.05) is 0 Å². The van der Waals surface area contributed by atoms with Crippen molar-refractivity contribution in [1.29, 1.82) is 5.26 Å². The first-order valence-corrected chi connectivity index (χ1v) is 7.70. The van der Waals surface area contributed by atoms with Gasteiger partial charge in [0.25, 0.3) is 0 Å². The van der Waals surface area contributed by atoms with Crippen LogP contribution in [0.1, 0.15) is 16.7 Å². The number of benzene rings is 2. The Morgan fingerprint density at radius 2 is 1.88 bits per heavy atom. The van der Waals surface area contributed by atoms with Gasteiger partial charge in [-0.1, -0.05) is 24.3 Å². The van der Waals surface area contributed by atoms with E-state index in [2.05, 4.69) is 9.97 Å². The summed E-state index contributed by atoms with van der Waals surface area (Å²) in [4.78, 5) is 7.90. The molecule has 25 heavy (non-hydrogen) atoms. The van der Waals surface area contributed by atoms with Crippen LogP contribution in [0.3, 0.4) is 0 Å². The zero-order valence-corrected chi connectivity index (χ0v) is 13.1. The summed E-state index contributed by atoms with van der Waals surface area (Å²) < 4.78 is 20.9. The molecule has 120 valence electrons. The van der Waals surface area contributed by atoms with Crippen LogP contribution in [0.5, 0.6) is 0 Å². The number of nitriles is 1. The van der Waals surface area contributed by atoms with Crippen molar-refractivity contribution in [3.8, 4) is 17.4 Å². The summed E-state index contributed by atoms with van der Waals surface area (Å²) in [5.41, 5.74) is 2.34. The zero-order chi connectivity index (χ0) is 17.2. The van der Waals surface area contributed by atoms with Crippen LogP contribution in [-0.2, 0) is 6.42 Å². The van der Waals surface area contributed by atoms with Crippen molar-refractivity contribution in [1.82, 2.24) is 9.97 Å². The molecule has 4 rings (SSSR count). The standard InChI is InChI=1S/C20H12FN3O/c21-20-15(7-13-10-23-12-24-11-13)5-6-16(9-22)19(20)18-8-14-3-1-2-4-17(14)25-18/h1-6,8,10-12H,7H2. The van der Waals surface area contributed by atoms with E-state index in [4.69, 9.17) is 4.42 Å². The van der Waals surface area contributed by atoms with Crippen LogP contribution in [-0.4, -0.2) is 9.97 Å². The molecular weight excluding hydrogens is 317 g/mol. The molecule has 0 N–H and O–H groups in total. The number of hydrogen-bond donors (Lipinski definition) is 0. The molecule has 0 aliphatic carbocycles. The fourth-order valence-electron chi connectivity index (χ4n) is 2.84. The highest BCUT2D eigenvalue weighted by Gasteiger charge is 2.19.